The summed E-state index contributed by atoms with van der Waals surface area (Å²) in [5, 5.41) is 17.0. The summed E-state index contributed by atoms with van der Waals surface area (Å²) in [6.45, 7) is 4.93. The molecule has 6 aliphatic rings. The summed E-state index contributed by atoms with van der Waals surface area (Å²) < 4.78 is 0. The third kappa shape index (κ3) is 5.57. The summed E-state index contributed by atoms with van der Waals surface area (Å²) in [6.07, 6.45) is 10.4. The van der Waals surface area contributed by atoms with Crippen molar-refractivity contribution in [2.75, 3.05) is 53.2 Å². The zero-order valence-corrected chi connectivity index (χ0v) is 30.4. The Bertz CT molecular complexity index is 2030. The zero-order valence-electron chi connectivity index (χ0n) is 30.4. The molecule has 2 spiro atoms. The Morgan fingerprint density at radius 3 is 1.50 bits per heavy atom. The number of benzene rings is 4. The van der Waals surface area contributed by atoms with Crippen LogP contribution in [0.3, 0.4) is 0 Å². The van der Waals surface area contributed by atoms with Gasteiger partial charge in [-0.15, -0.1) is 0 Å². The Morgan fingerprint density at radius 1 is 0.648 bits per heavy atom. The Labute approximate surface area is 315 Å². The molecule has 4 aromatic rings. The second-order valence-corrected chi connectivity index (χ2v) is 15.1. The van der Waals surface area contributed by atoms with Gasteiger partial charge in [0.25, 0.3) is 11.8 Å². The Morgan fingerprint density at radius 2 is 1.09 bits per heavy atom. The van der Waals surface area contributed by atoms with Gasteiger partial charge in [-0.1, -0.05) is 79.7 Å². The number of nitrogens with zero attached hydrogens (tertiary/aromatic N) is 4. The molecule has 2 amide bonds. The maximum Gasteiger partial charge on any atom is 0.253 e. The SMILES string of the molecule is CCC1CN(c2ccc(C3=CCN=C3)cc2)C(=O)C12Cc1ccccc1N2.O=C1N(c2ccc(C3=CCN=C3)cc2)CC(CO)C12Cc1ccccc1N2. The lowest BCUT2D eigenvalue weighted by molar-refractivity contribution is -0.122. The quantitative estimate of drug-likeness (QED) is 0.213. The van der Waals surface area contributed by atoms with E-state index >= 15 is 0 Å². The molecule has 0 bridgehead atoms. The molecule has 272 valence electrons. The van der Waals surface area contributed by atoms with Crippen LogP contribution in [0.15, 0.2) is 119 Å². The van der Waals surface area contributed by atoms with Gasteiger partial charge in [0.1, 0.15) is 11.1 Å². The van der Waals surface area contributed by atoms with Crippen molar-refractivity contribution in [1.82, 2.24) is 0 Å². The predicted molar refractivity (Wildman–Crippen MR) is 218 cm³/mol. The summed E-state index contributed by atoms with van der Waals surface area (Å²) in [5.41, 5.74) is 9.60. The predicted octanol–water partition coefficient (Wildman–Crippen LogP) is 6.45. The Balaban J connectivity index is 0.000000142. The number of para-hydroxylation sites is 2. The fourth-order valence-electron chi connectivity index (χ4n) is 9.16. The molecule has 3 N–H and O–H groups in total. The molecule has 6 aliphatic heterocycles. The van der Waals surface area contributed by atoms with Gasteiger partial charge >= 0.3 is 0 Å². The molecule has 0 aromatic heterocycles. The molecule has 0 aliphatic carbocycles. The zero-order chi connectivity index (χ0) is 36.9. The number of aliphatic imine (C=N–C) groups is 2. The van der Waals surface area contributed by atoms with Crippen molar-refractivity contribution in [2.45, 2.75) is 37.3 Å². The van der Waals surface area contributed by atoms with Crippen LogP contribution in [-0.2, 0) is 22.4 Å². The van der Waals surface area contributed by atoms with Gasteiger partial charge in [-0.05, 0) is 76.2 Å². The van der Waals surface area contributed by atoms with Gasteiger partial charge in [-0.2, -0.15) is 0 Å². The number of carbonyl (C=O) groups excluding carboxylic acids is 2. The highest BCUT2D eigenvalue weighted by atomic mass is 16.3. The van der Waals surface area contributed by atoms with Gasteiger partial charge in [0.2, 0.25) is 0 Å². The molecule has 0 radical (unpaired) electrons. The molecule has 9 nitrogen and oxygen atoms in total. The van der Waals surface area contributed by atoms with E-state index < -0.39 is 11.1 Å². The van der Waals surface area contributed by atoms with E-state index in [0.717, 1.165) is 83.1 Å². The number of rotatable bonds is 6. The van der Waals surface area contributed by atoms with Crippen LogP contribution >= 0.6 is 0 Å². The minimum absolute atomic E-state index is 0.0232. The molecule has 4 aromatic carbocycles. The van der Waals surface area contributed by atoms with Gasteiger partial charge in [-0.3, -0.25) is 19.6 Å². The first-order valence-corrected chi connectivity index (χ1v) is 19.0. The number of allylic oxidation sites excluding steroid dienone is 2. The fourth-order valence-corrected chi connectivity index (χ4v) is 9.16. The first-order chi connectivity index (χ1) is 26.4. The number of hydrogen-bond acceptors (Lipinski definition) is 7. The smallest absolute Gasteiger partial charge is 0.253 e. The van der Waals surface area contributed by atoms with Gasteiger partial charge in [0, 0.05) is 72.9 Å². The van der Waals surface area contributed by atoms with Crippen molar-refractivity contribution in [3.63, 3.8) is 0 Å². The molecule has 0 saturated carbocycles. The molecular formula is C45H44N6O3. The molecule has 2 fully saturated rings. The topological polar surface area (TPSA) is 110 Å². The van der Waals surface area contributed by atoms with E-state index in [0.29, 0.717) is 18.9 Å². The summed E-state index contributed by atoms with van der Waals surface area (Å²) in [7, 11) is 0. The van der Waals surface area contributed by atoms with E-state index in [9.17, 15) is 14.7 Å². The van der Waals surface area contributed by atoms with Crippen LogP contribution in [0.25, 0.3) is 11.1 Å². The molecule has 6 heterocycles. The normalized spacial score (nSPS) is 25.8. The number of nitrogens with one attached hydrogen (secondary N) is 2. The standard InChI is InChI=1S/C23H23N3O.C22H21N3O2/c1-2-19-15-26(20-9-7-16(8-10-20)18-11-12-24-14-18)22(27)23(19)13-17-5-3-4-6-21(17)25-23;26-14-18-13-25(19-7-5-15(6-8-19)17-9-10-23-12-17)21(27)22(18)11-16-3-1-2-4-20(16)24-22/h3-11,14,19,25H,2,12-13,15H2,1H3;1-9,12,18,24,26H,10-11,13-14H2. The highest BCUT2D eigenvalue weighted by molar-refractivity contribution is 6.13. The molecule has 4 unspecified atom stereocenters. The number of aliphatic hydroxyl groups excluding tert-OH is 1. The van der Waals surface area contributed by atoms with E-state index in [4.69, 9.17) is 0 Å². The molecule has 9 heteroatoms. The highest BCUT2D eigenvalue weighted by Crippen LogP contribution is 2.46. The summed E-state index contributed by atoms with van der Waals surface area (Å²) in [4.78, 5) is 39.2. The number of amides is 2. The largest absolute Gasteiger partial charge is 0.396 e. The van der Waals surface area contributed by atoms with Gasteiger partial charge in [-0.25, -0.2) is 0 Å². The third-order valence-corrected chi connectivity index (χ3v) is 12.2. The molecular weight excluding hydrogens is 673 g/mol. The van der Waals surface area contributed by atoms with E-state index in [1.807, 2.05) is 71.9 Å². The summed E-state index contributed by atoms with van der Waals surface area (Å²) in [6, 6.07) is 32.6. The van der Waals surface area contributed by atoms with E-state index in [1.165, 1.54) is 5.56 Å². The van der Waals surface area contributed by atoms with Gasteiger partial charge < -0.3 is 25.5 Å². The highest BCUT2D eigenvalue weighted by Gasteiger charge is 2.57. The fraction of sp³-hybridized carbons (Fsp3) is 0.289. The van der Waals surface area contributed by atoms with Crippen molar-refractivity contribution in [3.05, 3.63) is 131 Å². The van der Waals surface area contributed by atoms with Crippen LogP contribution in [-0.4, -0.2) is 73.2 Å². The summed E-state index contributed by atoms with van der Waals surface area (Å²) >= 11 is 0. The van der Waals surface area contributed by atoms with Gasteiger partial charge in [0.15, 0.2) is 0 Å². The third-order valence-electron chi connectivity index (χ3n) is 12.2. The number of fused-ring (bicyclic) bond motifs is 2. The first-order valence-electron chi connectivity index (χ1n) is 19.0. The van der Waals surface area contributed by atoms with E-state index in [2.05, 4.69) is 82.2 Å². The minimum Gasteiger partial charge on any atom is -0.396 e. The van der Waals surface area contributed by atoms with Crippen LogP contribution in [0.5, 0.6) is 0 Å². The maximum atomic E-state index is 13.5. The van der Waals surface area contributed by atoms with E-state index in [-0.39, 0.29) is 24.3 Å². The Kier molecular flexibility index (Phi) is 8.54. The van der Waals surface area contributed by atoms with Crippen molar-refractivity contribution < 1.29 is 14.7 Å². The van der Waals surface area contributed by atoms with Crippen LogP contribution < -0.4 is 20.4 Å². The average Bonchev–Trinajstić information content (AvgIpc) is 4.07. The molecule has 54 heavy (non-hydrogen) atoms. The first kappa shape index (κ1) is 34.0. The van der Waals surface area contributed by atoms with Crippen molar-refractivity contribution in [3.8, 4) is 0 Å². The minimum atomic E-state index is -0.752. The van der Waals surface area contributed by atoms with Crippen molar-refractivity contribution >= 4 is 58.1 Å². The number of aliphatic hydroxyl groups is 1. The lowest BCUT2D eigenvalue weighted by atomic mass is 9.82. The average molecular weight is 717 g/mol. The number of hydrogen-bond donors (Lipinski definition) is 3. The lowest BCUT2D eigenvalue weighted by Crippen LogP contribution is -2.50. The van der Waals surface area contributed by atoms with Crippen molar-refractivity contribution in [1.29, 1.82) is 0 Å². The van der Waals surface area contributed by atoms with Crippen LogP contribution in [0.2, 0.25) is 0 Å². The maximum absolute atomic E-state index is 13.5. The lowest BCUT2D eigenvalue weighted by Gasteiger charge is -2.28. The molecule has 2 saturated heterocycles. The van der Waals surface area contributed by atoms with Crippen LogP contribution in [0, 0.1) is 11.8 Å². The molecule has 10 rings (SSSR count). The molecule has 4 atom stereocenters. The second-order valence-electron chi connectivity index (χ2n) is 15.1. The number of anilines is 4. The number of carbonyl (C=O) groups is 2. The van der Waals surface area contributed by atoms with Crippen molar-refractivity contribution in [2.24, 2.45) is 21.8 Å². The van der Waals surface area contributed by atoms with Crippen LogP contribution in [0.1, 0.15) is 35.6 Å². The van der Waals surface area contributed by atoms with Crippen LogP contribution in [0.4, 0.5) is 22.7 Å². The summed E-state index contributed by atoms with van der Waals surface area (Å²) in [5.74, 6) is 0.371. The second kappa shape index (κ2) is 13.6. The van der Waals surface area contributed by atoms with E-state index in [1.54, 1.807) is 4.90 Å². The Hall–Kier alpha value is -5.80. The monoisotopic (exact) mass is 716 g/mol. The van der Waals surface area contributed by atoms with Gasteiger partial charge in [0.05, 0.1) is 19.7 Å².